The van der Waals surface area contributed by atoms with E-state index in [0.29, 0.717) is 23.1 Å². The van der Waals surface area contributed by atoms with Crippen molar-refractivity contribution in [1.29, 1.82) is 0 Å². The normalized spacial score (nSPS) is 15.3. The molecule has 6 N–H and O–H groups in total. The zero-order valence-corrected chi connectivity index (χ0v) is 16.7. The molecule has 3 rings (SSSR count). The molecular formula is C20H26FN5O3. The molecule has 1 aliphatic carbocycles. The summed E-state index contributed by atoms with van der Waals surface area (Å²) in [5.41, 5.74) is 12.0. The number of methoxy groups -OCH3 is 2. The van der Waals surface area contributed by atoms with Crippen LogP contribution < -0.4 is 31.6 Å². The van der Waals surface area contributed by atoms with Crippen LogP contribution in [0.5, 0.6) is 11.5 Å². The molecule has 1 fully saturated rings. The van der Waals surface area contributed by atoms with Crippen LogP contribution in [0.2, 0.25) is 0 Å². The molecule has 1 amide bonds. The molecular weight excluding hydrogens is 377 g/mol. The van der Waals surface area contributed by atoms with Crippen LogP contribution in [-0.2, 0) is 0 Å². The van der Waals surface area contributed by atoms with Gasteiger partial charge in [0.1, 0.15) is 5.82 Å². The van der Waals surface area contributed by atoms with Gasteiger partial charge in [-0.2, -0.15) is 0 Å². The number of nitrogens with two attached hydrogens (primary N) is 2. The number of primary amides is 1. The Balaban J connectivity index is 1.95. The number of nitrogens with zero attached hydrogens (tertiary/aromatic N) is 1. The fraction of sp³-hybridized carbons (Fsp3) is 0.400. The fourth-order valence-corrected chi connectivity index (χ4v) is 3.22. The highest BCUT2D eigenvalue weighted by Gasteiger charge is 2.34. The molecule has 2 aromatic rings. The summed E-state index contributed by atoms with van der Waals surface area (Å²) in [5, 5.41) is 6.10. The quantitative estimate of drug-likeness (QED) is 0.507. The van der Waals surface area contributed by atoms with E-state index in [1.807, 2.05) is 6.92 Å². The van der Waals surface area contributed by atoms with Crippen LogP contribution >= 0.6 is 0 Å². The molecule has 8 nitrogen and oxygen atoms in total. The van der Waals surface area contributed by atoms with Crippen LogP contribution in [0.3, 0.4) is 0 Å². The second-order valence-corrected chi connectivity index (χ2v) is 7.14. The number of carbonyl (C=O) groups is 1. The molecule has 0 saturated heterocycles. The number of hydrogen-bond acceptors (Lipinski definition) is 7. The van der Waals surface area contributed by atoms with E-state index in [-0.39, 0.29) is 29.3 Å². The second kappa shape index (κ2) is 8.52. The maximum absolute atomic E-state index is 14.6. The largest absolute Gasteiger partial charge is 0.493 e. The van der Waals surface area contributed by atoms with Crippen LogP contribution in [-0.4, -0.2) is 37.2 Å². The smallest absolute Gasteiger partial charge is 0.252 e. The highest BCUT2D eigenvalue weighted by Crippen LogP contribution is 2.36. The monoisotopic (exact) mass is 403 g/mol. The summed E-state index contributed by atoms with van der Waals surface area (Å²) in [6.07, 6.45) is 2.08. The number of rotatable bonds is 9. The van der Waals surface area contributed by atoms with Gasteiger partial charge in [0.05, 0.1) is 19.8 Å². The predicted molar refractivity (Wildman–Crippen MR) is 109 cm³/mol. The summed E-state index contributed by atoms with van der Waals surface area (Å²) < 4.78 is 25.1. The lowest BCUT2D eigenvalue weighted by molar-refractivity contribution is 0.100. The van der Waals surface area contributed by atoms with Gasteiger partial charge in [0.2, 0.25) is 0 Å². The number of benzene rings is 1. The summed E-state index contributed by atoms with van der Waals surface area (Å²) >= 11 is 0. The Hall–Kier alpha value is -3.07. The summed E-state index contributed by atoms with van der Waals surface area (Å²) in [4.78, 5) is 16.1. The molecule has 2 atom stereocenters. The van der Waals surface area contributed by atoms with Crippen LogP contribution in [0.4, 0.5) is 21.7 Å². The highest BCUT2D eigenvalue weighted by atomic mass is 19.1. The Morgan fingerprint density at radius 1 is 1.21 bits per heavy atom. The molecule has 1 aromatic carbocycles. The summed E-state index contributed by atoms with van der Waals surface area (Å²) in [6.45, 7) is 1.87. The minimum Gasteiger partial charge on any atom is -0.493 e. The van der Waals surface area contributed by atoms with E-state index in [4.69, 9.17) is 20.9 Å². The number of aromatic nitrogens is 1. The minimum absolute atomic E-state index is 0.0205. The lowest BCUT2D eigenvalue weighted by Gasteiger charge is -2.23. The molecule has 156 valence electrons. The first-order valence-electron chi connectivity index (χ1n) is 9.35. The molecule has 0 radical (unpaired) electrons. The average molecular weight is 403 g/mol. The Labute approximate surface area is 168 Å². The maximum Gasteiger partial charge on any atom is 0.252 e. The van der Waals surface area contributed by atoms with Crippen molar-refractivity contribution in [2.75, 3.05) is 24.9 Å². The Kier molecular flexibility index (Phi) is 6.07. The van der Waals surface area contributed by atoms with E-state index in [9.17, 15) is 9.18 Å². The molecule has 0 unspecified atom stereocenters. The first-order valence-corrected chi connectivity index (χ1v) is 9.35. The van der Waals surface area contributed by atoms with Gasteiger partial charge in [-0.25, -0.2) is 9.37 Å². The van der Waals surface area contributed by atoms with Gasteiger partial charge < -0.3 is 31.6 Å². The van der Waals surface area contributed by atoms with E-state index >= 15 is 0 Å². The van der Waals surface area contributed by atoms with Crippen molar-refractivity contribution in [1.82, 2.24) is 4.98 Å². The molecule has 1 heterocycles. The van der Waals surface area contributed by atoms with Gasteiger partial charge >= 0.3 is 0 Å². The van der Waals surface area contributed by atoms with Crippen LogP contribution in [0, 0.1) is 11.7 Å². The number of nitrogens with one attached hydrogen (secondary N) is 2. The van der Waals surface area contributed by atoms with Gasteiger partial charge in [-0.05, 0) is 43.9 Å². The number of amides is 1. The third-order valence-electron chi connectivity index (χ3n) is 4.89. The zero-order chi connectivity index (χ0) is 21.1. The fourth-order valence-electron chi connectivity index (χ4n) is 3.22. The second-order valence-electron chi connectivity index (χ2n) is 7.14. The van der Waals surface area contributed by atoms with Crippen molar-refractivity contribution < 1.29 is 18.7 Å². The van der Waals surface area contributed by atoms with Crippen molar-refractivity contribution in [2.45, 2.75) is 31.8 Å². The highest BCUT2D eigenvalue weighted by molar-refractivity contribution is 5.98. The molecule has 1 aromatic heterocycles. The van der Waals surface area contributed by atoms with E-state index < -0.39 is 11.7 Å². The maximum atomic E-state index is 14.6. The number of halogens is 1. The van der Waals surface area contributed by atoms with Crippen LogP contribution in [0.25, 0.3) is 0 Å². The van der Waals surface area contributed by atoms with Crippen molar-refractivity contribution in [3.63, 3.8) is 0 Å². The Morgan fingerprint density at radius 2 is 1.90 bits per heavy atom. The number of hydrogen-bond donors (Lipinski definition) is 4. The lowest BCUT2D eigenvalue weighted by Crippen LogP contribution is -2.40. The number of pyridine rings is 1. The summed E-state index contributed by atoms with van der Waals surface area (Å²) in [7, 11) is 3.05. The van der Waals surface area contributed by atoms with Crippen molar-refractivity contribution in [3.05, 3.63) is 35.6 Å². The summed E-state index contributed by atoms with van der Waals surface area (Å²) in [6, 6.07) is 5.89. The number of ether oxygens (including phenoxy) is 2. The van der Waals surface area contributed by atoms with Gasteiger partial charge in [-0.15, -0.1) is 0 Å². The molecule has 9 heteroatoms. The first-order chi connectivity index (χ1) is 13.8. The topological polar surface area (TPSA) is 125 Å². The van der Waals surface area contributed by atoms with Gasteiger partial charge in [0, 0.05) is 23.8 Å². The van der Waals surface area contributed by atoms with E-state index in [0.717, 1.165) is 18.9 Å². The third-order valence-corrected chi connectivity index (χ3v) is 4.89. The molecule has 1 aliphatic rings. The summed E-state index contributed by atoms with van der Waals surface area (Å²) in [5.74, 6) is 0.116. The molecule has 1 saturated carbocycles. The molecule has 0 bridgehead atoms. The van der Waals surface area contributed by atoms with Gasteiger partial charge in [0.15, 0.2) is 23.1 Å². The third kappa shape index (κ3) is 4.68. The zero-order valence-electron chi connectivity index (χ0n) is 16.7. The molecule has 0 spiro atoms. The Bertz CT molecular complexity index is 900. The van der Waals surface area contributed by atoms with Crippen molar-refractivity contribution in [2.24, 2.45) is 17.4 Å². The van der Waals surface area contributed by atoms with Crippen molar-refractivity contribution in [3.8, 4) is 11.5 Å². The Morgan fingerprint density at radius 3 is 2.45 bits per heavy atom. The molecule has 29 heavy (non-hydrogen) atoms. The van der Waals surface area contributed by atoms with Crippen molar-refractivity contribution >= 4 is 23.2 Å². The number of anilines is 3. The van der Waals surface area contributed by atoms with Crippen LogP contribution in [0.15, 0.2) is 24.3 Å². The number of carbonyl (C=O) groups excluding carboxylic acids is 1. The predicted octanol–water partition coefficient (Wildman–Crippen LogP) is 2.62. The van der Waals surface area contributed by atoms with E-state index in [1.165, 1.54) is 14.2 Å². The minimum atomic E-state index is -0.795. The van der Waals surface area contributed by atoms with Gasteiger partial charge in [-0.3, -0.25) is 4.79 Å². The van der Waals surface area contributed by atoms with Gasteiger partial charge in [0.25, 0.3) is 5.91 Å². The van der Waals surface area contributed by atoms with Gasteiger partial charge in [-0.1, -0.05) is 0 Å². The SMILES string of the molecule is COc1ccc(Nc2nc(N[C@H](C3CC3)[C@H](C)N)c(F)cc2C(N)=O)cc1OC. The van der Waals surface area contributed by atoms with Crippen LogP contribution in [0.1, 0.15) is 30.1 Å². The van der Waals surface area contributed by atoms with E-state index in [1.54, 1.807) is 18.2 Å². The standard InChI is InChI=1S/C20H26FN5O3/c1-10(22)17(11-4-5-11)25-20-14(21)9-13(18(23)27)19(26-20)24-12-6-7-15(28-2)16(8-12)29-3/h6-11,17H,4-5,22H2,1-3H3,(H2,23,27)(H2,24,25,26)/t10-,17-/m0/s1. The molecule has 0 aliphatic heterocycles. The van der Waals surface area contributed by atoms with E-state index in [2.05, 4.69) is 15.6 Å². The average Bonchev–Trinajstić information content (AvgIpc) is 3.52. The lowest BCUT2D eigenvalue weighted by atomic mass is 10.1. The first kappa shape index (κ1) is 20.7.